The van der Waals surface area contributed by atoms with Gasteiger partial charge in [-0.05, 0) is 54.1 Å². The summed E-state index contributed by atoms with van der Waals surface area (Å²) in [7, 11) is 0. The SMILES string of the molecule is O=C(Nc1nn(Cc2ccc(Cl)cc2)c2nc(N3CCCCCC3)ccc12)c1cccs1. The number of anilines is 2. The average Bonchev–Trinajstić information content (AvgIpc) is 3.36. The monoisotopic (exact) mass is 465 g/mol. The van der Waals surface area contributed by atoms with Crippen molar-refractivity contribution in [1.29, 1.82) is 0 Å². The first-order valence-corrected chi connectivity index (χ1v) is 12.1. The second-order valence-corrected chi connectivity index (χ2v) is 9.39. The Morgan fingerprint density at radius 2 is 1.81 bits per heavy atom. The molecule has 1 aliphatic rings. The van der Waals surface area contributed by atoms with E-state index in [0.29, 0.717) is 22.3 Å². The number of carbonyl (C=O) groups is 1. The van der Waals surface area contributed by atoms with Crippen LogP contribution in [0, 0.1) is 0 Å². The minimum atomic E-state index is -0.158. The maximum Gasteiger partial charge on any atom is 0.266 e. The van der Waals surface area contributed by atoms with Crippen molar-refractivity contribution >= 4 is 51.5 Å². The average molecular weight is 466 g/mol. The molecular weight excluding hydrogens is 442 g/mol. The Labute approximate surface area is 195 Å². The van der Waals surface area contributed by atoms with Crippen LogP contribution in [0.2, 0.25) is 5.02 Å². The van der Waals surface area contributed by atoms with Gasteiger partial charge in [0.05, 0.1) is 16.8 Å². The minimum absolute atomic E-state index is 0.158. The number of carbonyl (C=O) groups excluding carboxylic acids is 1. The molecule has 0 spiro atoms. The van der Waals surface area contributed by atoms with Crippen molar-refractivity contribution in [3.63, 3.8) is 0 Å². The van der Waals surface area contributed by atoms with Crippen LogP contribution < -0.4 is 10.2 Å². The summed E-state index contributed by atoms with van der Waals surface area (Å²) < 4.78 is 1.87. The number of hydrogen-bond donors (Lipinski definition) is 1. The van der Waals surface area contributed by atoms with Crippen LogP contribution in [0.15, 0.2) is 53.9 Å². The van der Waals surface area contributed by atoms with Crippen molar-refractivity contribution in [2.45, 2.75) is 32.2 Å². The van der Waals surface area contributed by atoms with Gasteiger partial charge >= 0.3 is 0 Å². The van der Waals surface area contributed by atoms with Crippen LogP contribution in [0.1, 0.15) is 40.9 Å². The summed E-state index contributed by atoms with van der Waals surface area (Å²) in [6.07, 6.45) is 4.91. The highest BCUT2D eigenvalue weighted by atomic mass is 35.5. The van der Waals surface area contributed by atoms with Crippen LogP contribution in [0.25, 0.3) is 11.0 Å². The van der Waals surface area contributed by atoms with Crippen LogP contribution in [0.3, 0.4) is 0 Å². The van der Waals surface area contributed by atoms with Gasteiger partial charge in [0.1, 0.15) is 5.82 Å². The zero-order valence-electron chi connectivity index (χ0n) is 17.6. The van der Waals surface area contributed by atoms with Gasteiger partial charge in [-0.25, -0.2) is 9.67 Å². The summed E-state index contributed by atoms with van der Waals surface area (Å²) in [5, 5.41) is 11.1. The van der Waals surface area contributed by atoms with E-state index in [-0.39, 0.29) is 5.91 Å². The molecule has 8 heteroatoms. The number of hydrogen-bond acceptors (Lipinski definition) is 5. The standard InChI is InChI=1S/C24H24ClN5OS/c25-18-9-7-17(8-10-18)16-30-23-19(22(28-30)27-24(31)20-6-5-15-32-20)11-12-21(26-23)29-13-3-1-2-4-14-29/h5-12,15H,1-4,13-14,16H2,(H,27,28,31). The molecule has 0 saturated carbocycles. The summed E-state index contributed by atoms with van der Waals surface area (Å²) in [5.74, 6) is 1.34. The molecule has 4 aromatic rings. The second kappa shape index (κ2) is 9.30. The smallest absolute Gasteiger partial charge is 0.266 e. The van der Waals surface area contributed by atoms with Crippen LogP contribution in [-0.2, 0) is 6.54 Å². The van der Waals surface area contributed by atoms with Gasteiger partial charge in [0.15, 0.2) is 11.5 Å². The Morgan fingerprint density at radius 1 is 1.03 bits per heavy atom. The molecule has 6 nitrogen and oxygen atoms in total. The summed E-state index contributed by atoms with van der Waals surface area (Å²) in [6.45, 7) is 2.58. The Kier molecular flexibility index (Phi) is 6.10. The van der Waals surface area contributed by atoms with Gasteiger partial charge < -0.3 is 10.2 Å². The van der Waals surface area contributed by atoms with Gasteiger partial charge in [-0.1, -0.05) is 42.6 Å². The van der Waals surface area contributed by atoms with Gasteiger partial charge in [-0.15, -0.1) is 11.3 Å². The first-order chi connectivity index (χ1) is 15.7. The van der Waals surface area contributed by atoms with Gasteiger partial charge in [0.2, 0.25) is 0 Å². The molecule has 1 N–H and O–H groups in total. The van der Waals surface area contributed by atoms with Crippen molar-refractivity contribution in [2.75, 3.05) is 23.3 Å². The molecule has 32 heavy (non-hydrogen) atoms. The molecule has 4 heterocycles. The van der Waals surface area contributed by atoms with Crippen molar-refractivity contribution in [2.24, 2.45) is 0 Å². The van der Waals surface area contributed by atoms with E-state index < -0.39 is 0 Å². The molecule has 1 amide bonds. The van der Waals surface area contributed by atoms with Gasteiger partial charge in [0, 0.05) is 18.1 Å². The van der Waals surface area contributed by atoms with E-state index in [0.717, 1.165) is 35.5 Å². The number of pyridine rings is 1. The lowest BCUT2D eigenvalue weighted by Gasteiger charge is -2.21. The van der Waals surface area contributed by atoms with E-state index in [4.69, 9.17) is 21.7 Å². The third-order valence-electron chi connectivity index (χ3n) is 5.73. The lowest BCUT2D eigenvalue weighted by atomic mass is 10.2. The number of halogens is 1. The topological polar surface area (TPSA) is 63.1 Å². The second-order valence-electron chi connectivity index (χ2n) is 8.01. The van der Waals surface area contributed by atoms with Crippen molar-refractivity contribution < 1.29 is 4.79 Å². The third-order valence-corrected chi connectivity index (χ3v) is 6.85. The van der Waals surface area contributed by atoms with Crippen LogP contribution >= 0.6 is 22.9 Å². The lowest BCUT2D eigenvalue weighted by molar-refractivity contribution is 0.103. The zero-order chi connectivity index (χ0) is 21.9. The molecule has 1 fully saturated rings. The largest absolute Gasteiger partial charge is 0.357 e. The molecular formula is C24H24ClN5OS. The van der Waals surface area contributed by atoms with Crippen molar-refractivity contribution in [3.05, 3.63) is 69.4 Å². The van der Waals surface area contributed by atoms with Crippen LogP contribution in [0.5, 0.6) is 0 Å². The summed E-state index contributed by atoms with van der Waals surface area (Å²) in [4.78, 5) is 20.7. The number of rotatable bonds is 5. The number of nitrogens with one attached hydrogen (secondary N) is 1. The Bertz CT molecular complexity index is 1210. The Morgan fingerprint density at radius 3 is 2.53 bits per heavy atom. The van der Waals surface area contributed by atoms with Crippen LogP contribution in [-0.4, -0.2) is 33.8 Å². The van der Waals surface area contributed by atoms with Crippen molar-refractivity contribution in [3.8, 4) is 0 Å². The van der Waals surface area contributed by atoms with Crippen molar-refractivity contribution in [1.82, 2.24) is 14.8 Å². The molecule has 0 aliphatic carbocycles. The van der Waals surface area contributed by atoms with Gasteiger partial charge in [0.25, 0.3) is 5.91 Å². The van der Waals surface area contributed by atoms with Gasteiger partial charge in [-0.3, -0.25) is 4.79 Å². The first kappa shape index (κ1) is 21.0. The maximum absolute atomic E-state index is 12.7. The summed E-state index contributed by atoms with van der Waals surface area (Å²) >= 11 is 7.46. The number of thiophene rings is 1. The third kappa shape index (κ3) is 4.49. The first-order valence-electron chi connectivity index (χ1n) is 10.9. The van der Waals surface area contributed by atoms with E-state index in [9.17, 15) is 4.79 Å². The number of fused-ring (bicyclic) bond motifs is 1. The Balaban J connectivity index is 1.52. The summed E-state index contributed by atoms with van der Waals surface area (Å²) in [5.41, 5.74) is 1.83. The fourth-order valence-electron chi connectivity index (χ4n) is 4.06. The molecule has 0 unspecified atom stereocenters. The highest BCUT2D eigenvalue weighted by molar-refractivity contribution is 7.12. The van der Waals surface area contributed by atoms with E-state index in [1.165, 1.54) is 37.0 Å². The fourth-order valence-corrected chi connectivity index (χ4v) is 4.80. The molecule has 3 aromatic heterocycles. The molecule has 1 aliphatic heterocycles. The normalized spacial score (nSPS) is 14.5. The highest BCUT2D eigenvalue weighted by Crippen LogP contribution is 2.27. The van der Waals surface area contributed by atoms with E-state index in [2.05, 4.69) is 10.2 Å². The van der Waals surface area contributed by atoms with Crippen LogP contribution in [0.4, 0.5) is 11.6 Å². The molecule has 0 radical (unpaired) electrons. The maximum atomic E-state index is 12.7. The molecule has 5 rings (SSSR count). The number of nitrogens with zero attached hydrogens (tertiary/aromatic N) is 4. The molecule has 0 bridgehead atoms. The molecule has 1 aromatic carbocycles. The predicted molar refractivity (Wildman–Crippen MR) is 131 cm³/mol. The number of aromatic nitrogens is 3. The molecule has 164 valence electrons. The lowest BCUT2D eigenvalue weighted by Crippen LogP contribution is -2.24. The zero-order valence-corrected chi connectivity index (χ0v) is 19.2. The number of benzene rings is 1. The molecule has 1 saturated heterocycles. The minimum Gasteiger partial charge on any atom is -0.357 e. The molecule has 0 atom stereocenters. The van der Waals surface area contributed by atoms with Gasteiger partial charge in [-0.2, -0.15) is 5.10 Å². The quantitative estimate of drug-likeness (QED) is 0.403. The van der Waals surface area contributed by atoms with E-state index in [1.807, 2.05) is 58.6 Å². The van der Waals surface area contributed by atoms with E-state index >= 15 is 0 Å². The predicted octanol–water partition coefficient (Wildman–Crippen LogP) is 5.83. The highest BCUT2D eigenvalue weighted by Gasteiger charge is 2.19. The summed E-state index contributed by atoms with van der Waals surface area (Å²) in [6, 6.07) is 15.5. The Hall–Kier alpha value is -2.90. The fraction of sp³-hybridized carbons (Fsp3) is 0.292. The van der Waals surface area contributed by atoms with E-state index in [1.54, 1.807) is 0 Å². The number of amides is 1.